The van der Waals surface area contributed by atoms with E-state index in [1.165, 1.54) is 0 Å². The van der Waals surface area contributed by atoms with Crippen LogP contribution in [0.25, 0.3) is 0 Å². The molecule has 0 saturated carbocycles. The third kappa shape index (κ3) is 3.07. The Kier molecular flexibility index (Phi) is 4.07. The maximum atomic E-state index is 10.2. The van der Waals surface area contributed by atoms with Crippen LogP contribution in [0.1, 0.15) is 6.42 Å². The quantitative estimate of drug-likeness (QED) is 0.398. The van der Waals surface area contributed by atoms with Crippen molar-refractivity contribution in [1.29, 1.82) is 0 Å². The van der Waals surface area contributed by atoms with Gasteiger partial charge in [0.05, 0.1) is 18.1 Å². The largest absolute Gasteiger partial charge is 0.380 e. The van der Waals surface area contributed by atoms with Crippen LogP contribution in [0.3, 0.4) is 0 Å². The van der Waals surface area contributed by atoms with Crippen molar-refractivity contribution in [1.82, 2.24) is 0 Å². The summed E-state index contributed by atoms with van der Waals surface area (Å²) in [6, 6.07) is 0.00119. The van der Waals surface area contributed by atoms with Crippen LogP contribution in [-0.4, -0.2) is 36.8 Å². The van der Waals surface area contributed by atoms with Gasteiger partial charge in [-0.05, 0) is 6.42 Å². The Labute approximate surface area is 77.5 Å². The van der Waals surface area contributed by atoms with Gasteiger partial charge in [-0.1, -0.05) is 0 Å². The molecule has 1 heterocycles. The highest BCUT2D eigenvalue weighted by atomic mass is 35.5. The molecular formula is C5H11BClO4P. The summed E-state index contributed by atoms with van der Waals surface area (Å²) >= 11 is 5.86. The minimum absolute atomic E-state index is 0.00119. The Morgan fingerprint density at radius 2 is 2.50 bits per heavy atom. The fraction of sp³-hybridized carbons (Fsp3) is 1.00. The number of rotatable bonds is 3. The second-order valence-corrected chi connectivity index (χ2v) is 4.17. The summed E-state index contributed by atoms with van der Waals surface area (Å²) in [5, 5.41) is -0.0142. The highest BCUT2D eigenvalue weighted by Crippen LogP contribution is 2.25. The van der Waals surface area contributed by atoms with Crippen molar-refractivity contribution in [3.63, 3.8) is 0 Å². The van der Waals surface area contributed by atoms with E-state index in [0.717, 1.165) is 0 Å². The molecule has 0 spiro atoms. The number of halogens is 1. The van der Waals surface area contributed by atoms with Gasteiger partial charge in [-0.2, -0.15) is 0 Å². The third-order valence-electron chi connectivity index (χ3n) is 1.80. The van der Waals surface area contributed by atoms with Gasteiger partial charge in [0.2, 0.25) is 0 Å². The number of hydrogen-bond donors (Lipinski definition) is 1. The SMILES string of the molecule is B[C@@H]1O[C@H](CO[PH](=O)O)C[C@@H]1Cl. The van der Waals surface area contributed by atoms with Crippen molar-refractivity contribution < 1.29 is 18.7 Å². The van der Waals surface area contributed by atoms with Gasteiger partial charge in [0.15, 0.2) is 0 Å². The first-order chi connectivity index (χ1) is 5.59. The maximum absolute atomic E-state index is 10.2. The first kappa shape index (κ1) is 10.5. The smallest absolute Gasteiger partial charge is 0.316 e. The van der Waals surface area contributed by atoms with E-state index in [-0.39, 0.29) is 24.1 Å². The lowest BCUT2D eigenvalue weighted by atomic mass is 9.97. The molecule has 1 fully saturated rings. The normalized spacial score (nSPS) is 38.3. The van der Waals surface area contributed by atoms with Gasteiger partial charge in [0.1, 0.15) is 7.85 Å². The Morgan fingerprint density at radius 1 is 1.83 bits per heavy atom. The maximum Gasteiger partial charge on any atom is 0.316 e. The molecule has 1 rings (SSSR count). The van der Waals surface area contributed by atoms with E-state index >= 15 is 0 Å². The number of alkyl halides is 1. The van der Waals surface area contributed by atoms with Gasteiger partial charge in [0, 0.05) is 6.00 Å². The van der Waals surface area contributed by atoms with Gasteiger partial charge in [-0.3, -0.25) is 4.57 Å². The fourth-order valence-corrected chi connectivity index (χ4v) is 1.75. The molecule has 0 aliphatic carbocycles. The van der Waals surface area contributed by atoms with Crippen molar-refractivity contribution in [2.75, 3.05) is 6.61 Å². The summed E-state index contributed by atoms with van der Waals surface area (Å²) < 4.78 is 20.1. The van der Waals surface area contributed by atoms with Crippen LogP contribution >= 0.6 is 19.9 Å². The van der Waals surface area contributed by atoms with E-state index in [1.54, 1.807) is 0 Å². The van der Waals surface area contributed by atoms with E-state index in [2.05, 4.69) is 4.52 Å². The van der Waals surface area contributed by atoms with Crippen molar-refractivity contribution in [3.8, 4) is 0 Å². The molecule has 0 amide bonds. The van der Waals surface area contributed by atoms with Gasteiger partial charge in [-0.15, -0.1) is 11.6 Å². The topological polar surface area (TPSA) is 55.8 Å². The summed E-state index contributed by atoms with van der Waals surface area (Å²) in [5.41, 5.74) is 0. The van der Waals surface area contributed by atoms with Crippen molar-refractivity contribution in [2.24, 2.45) is 0 Å². The molecule has 4 atom stereocenters. The van der Waals surface area contributed by atoms with Gasteiger partial charge in [-0.25, -0.2) is 0 Å². The van der Waals surface area contributed by atoms with Crippen LogP contribution in [0, 0.1) is 0 Å². The predicted molar refractivity (Wildman–Crippen MR) is 48.6 cm³/mol. The molecule has 0 radical (unpaired) electrons. The van der Waals surface area contributed by atoms with Gasteiger partial charge < -0.3 is 14.2 Å². The highest BCUT2D eigenvalue weighted by Gasteiger charge is 2.30. The van der Waals surface area contributed by atoms with Crippen LogP contribution in [0.5, 0.6) is 0 Å². The summed E-state index contributed by atoms with van der Waals surface area (Å²) in [6.45, 7) is 0.155. The van der Waals surface area contributed by atoms with Gasteiger partial charge >= 0.3 is 8.25 Å². The lowest BCUT2D eigenvalue weighted by molar-refractivity contribution is 0.0503. The number of ether oxygens (including phenoxy) is 1. The molecule has 1 unspecified atom stereocenters. The summed E-state index contributed by atoms with van der Waals surface area (Å²) in [5.74, 6) is 0. The fourth-order valence-electron chi connectivity index (χ4n) is 1.16. The zero-order chi connectivity index (χ0) is 9.14. The van der Waals surface area contributed by atoms with Crippen LogP contribution in [0.4, 0.5) is 0 Å². The number of hydrogen-bond acceptors (Lipinski definition) is 3. The molecule has 0 aromatic carbocycles. The average molecular weight is 212 g/mol. The van der Waals surface area contributed by atoms with Crippen molar-refractivity contribution in [2.45, 2.75) is 23.9 Å². The second-order valence-electron chi connectivity index (χ2n) is 2.79. The molecule has 1 aliphatic rings. The third-order valence-corrected chi connectivity index (χ3v) is 2.74. The van der Waals surface area contributed by atoms with Crippen LogP contribution in [0.2, 0.25) is 0 Å². The summed E-state index contributed by atoms with van der Waals surface area (Å²) in [7, 11) is -0.955. The van der Waals surface area contributed by atoms with E-state index in [1.807, 2.05) is 7.85 Å². The molecule has 4 nitrogen and oxygen atoms in total. The zero-order valence-electron chi connectivity index (χ0n) is 6.70. The Bertz CT molecular complexity index is 171. The molecule has 70 valence electrons. The molecular weight excluding hydrogens is 201 g/mol. The average Bonchev–Trinajstić information content (AvgIpc) is 2.28. The zero-order valence-corrected chi connectivity index (χ0v) is 8.45. The molecule has 0 aromatic rings. The van der Waals surface area contributed by atoms with Crippen LogP contribution in [0.15, 0.2) is 0 Å². The molecule has 0 bridgehead atoms. The van der Waals surface area contributed by atoms with E-state index < -0.39 is 8.25 Å². The van der Waals surface area contributed by atoms with Crippen molar-refractivity contribution in [3.05, 3.63) is 0 Å². The minimum atomic E-state index is -2.83. The molecule has 12 heavy (non-hydrogen) atoms. The highest BCUT2D eigenvalue weighted by molar-refractivity contribution is 7.32. The molecule has 0 aromatic heterocycles. The van der Waals surface area contributed by atoms with Crippen molar-refractivity contribution >= 4 is 27.7 Å². The first-order valence-corrected chi connectivity index (χ1v) is 5.45. The predicted octanol–water partition coefficient (Wildman–Crippen LogP) is -0.260. The standard InChI is InChI=1S/C5H11BClO4P/c6-5-4(7)1-3(11-5)2-10-12(8)9/h3-5,12H,1-2,6H2,(H,8,9)/t3-,4-,5+/m0/s1. The first-order valence-electron chi connectivity index (χ1n) is 3.75. The van der Waals surface area contributed by atoms with Crippen LogP contribution in [-0.2, 0) is 13.8 Å². The summed E-state index contributed by atoms with van der Waals surface area (Å²) in [4.78, 5) is 8.38. The second kappa shape index (κ2) is 4.63. The lowest BCUT2D eigenvalue weighted by Crippen LogP contribution is -2.17. The summed E-state index contributed by atoms with van der Waals surface area (Å²) in [6.07, 6.45) is 0.543. The molecule has 7 heteroatoms. The van der Waals surface area contributed by atoms with Gasteiger partial charge in [0.25, 0.3) is 0 Å². The van der Waals surface area contributed by atoms with E-state index in [0.29, 0.717) is 6.42 Å². The Balaban J connectivity index is 2.23. The molecule has 1 aliphatic heterocycles. The van der Waals surface area contributed by atoms with Crippen LogP contribution < -0.4 is 0 Å². The lowest BCUT2D eigenvalue weighted by Gasteiger charge is -2.09. The minimum Gasteiger partial charge on any atom is -0.380 e. The molecule has 1 N–H and O–H groups in total. The van der Waals surface area contributed by atoms with E-state index in [9.17, 15) is 4.57 Å². The monoisotopic (exact) mass is 212 g/mol. The van der Waals surface area contributed by atoms with E-state index in [4.69, 9.17) is 21.2 Å². The Morgan fingerprint density at radius 3 is 2.92 bits per heavy atom. The Hall–Kier alpha value is 0.465. The molecule has 1 saturated heterocycles.